The van der Waals surface area contributed by atoms with Gasteiger partial charge in [-0.15, -0.1) is 4.91 Å². The second-order valence-corrected chi connectivity index (χ2v) is 2.09. The Morgan fingerprint density at radius 1 is 1.17 bits per heavy atom. The molecule has 0 radical (unpaired) electrons. The molecule has 12 heavy (non-hydrogen) atoms. The molecule has 0 saturated heterocycles. The van der Waals surface area contributed by atoms with Gasteiger partial charge in [-0.3, -0.25) is 0 Å². The minimum Gasteiger partial charge on any atom is -0.364 e. The van der Waals surface area contributed by atoms with Gasteiger partial charge in [-0.25, -0.2) is 0 Å². The highest BCUT2D eigenvalue weighted by molar-refractivity contribution is 4.40. The predicted octanol–water partition coefficient (Wildman–Crippen LogP) is 3.78. The Morgan fingerprint density at radius 3 is 1.83 bits per heavy atom. The Kier molecular flexibility index (Phi) is 32.7. The topological polar surface area (TPSA) is 38.7 Å². The monoisotopic (exact) mass is 177 g/mol. The van der Waals surface area contributed by atoms with Gasteiger partial charge in [0.05, 0.1) is 0 Å². The Labute approximate surface area is 76.4 Å². The molecule has 0 aliphatic heterocycles. The summed E-state index contributed by atoms with van der Waals surface area (Å²) in [4.78, 5) is 13.5. The van der Waals surface area contributed by atoms with Crippen LogP contribution in [0.25, 0.3) is 0 Å². The molecule has 0 fully saturated rings. The van der Waals surface area contributed by atoms with Crippen molar-refractivity contribution in [3.8, 4) is 0 Å². The zero-order valence-electron chi connectivity index (χ0n) is 9.26. The number of hydrogen-bond donors (Lipinski definition) is 0. The fraction of sp³-hybridized carbons (Fsp3) is 1.00. The summed E-state index contributed by atoms with van der Waals surface area (Å²) in [6, 6.07) is 0. The quantitative estimate of drug-likeness (QED) is 0.372. The third-order valence-electron chi connectivity index (χ3n) is 0.839. The molecule has 0 aromatic carbocycles. The number of rotatable bonds is 4. The Balaban J connectivity index is -0.000000175. The predicted molar refractivity (Wildman–Crippen MR) is 53.9 cm³/mol. The largest absolute Gasteiger partial charge is 0.364 e. The third-order valence-corrected chi connectivity index (χ3v) is 0.839. The van der Waals surface area contributed by atoms with Gasteiger partial charge in [0.15, 0.2) is 5.34 Å². The summed E-state index contributed by atoms with van der Waals surface area (Å²) in [6.07, 6.45) is 0.895. The number of hydrogen-bond acceptors (Lipinski definition) is 3. The van der Waals surface area contributed by atoms with Crippen LogP contribution in [0.15, 0.2) is 5.34 Å². The van der Waals surface area contributed by atoms with Gasteiger partial charge in [0.1, 0.15) is 6.61 Å². The minimum absolute atomic E-state index is 0.446. The highest BCUT2D eigenvalue weighted by Crippen LogP contribution is 1.98. The first-order valence-corrected chi connectivity index (χ1v) is 4.72. The molecule has 0 heterocycles. The summed E-state index contributed by atoms with van der Waals surface area (Å²) in [5.41, 5.74) is 0. The smallest absolute Gasteiger partial charge is 0.155 e. The summed E-state index contributed by atoms with van der Waals surface area (Å²) in [5, 5.41) is 2.26. The maximum absolute atomic E-state index is 9.31. The molecule has 0 unspecified atom stereocenters. The summed E-state index contributed by atoms with van der Waals surface area (Å²) in [5.74, 6) is 0.580. The molecule has 0 N–H and O–H groups in total. The highest BCUT2D eigenvalue weighted by Gasteiger charge is 1.91. The molecule has 0 aromatic rings. The third kappa shape index (κ3) is 34.3. The van der Waals surface area contributed by atoms with E-state index in [2.05, 4.69) is 24.0 Å². The number of nitrogens with zero attached hydrogens (tertiary/aromatic N) is 1. The van der Waals surface area contributed by atoms with E-state index in [1.165, 1.54) is 0 Å². The maximum Gasteiger partial charge on any atom is 0.155 e. The van der Waals surface area contributed by atoms with Crippen LogP contribution in [0.1, 0.15) is 48.0 Å². The summed E-state index contributed by atoms with van der Waals surface area (Å²) in [7, 11) is 0. The molecule has 0 spiro atoms. The van der Waals surface area contributed by atoms with Crippen LogP contribution in [-0.2, 0) is 4.84 Å². The first-order chi connectivity index (χ1) is 5.77. The van der Waals surface area contributed by atoms with Crippen LogP contribution in [0.4, 0.5) is 0 Å². The molecule has 0 bridgehead atoms. The minimum atomic E-state index is 0.446. The first-order valence-electron chi connectivity index (χ1n) is 4.72. The van der Waals surface area contributed by atoms with E-state index in [0.29, 0.717) is 12.5 Å². The zero-order chi connectivity index (χ0) is 10.4. The molecule has 3 nitrogen and oxygen atoms in total. The van der Waals surface area contributed by atoms with E-state index in [0.717, 1.165) is 6.42 Å². The maximum atomic E-state index is 9.31. The molecule has 0 rings (SSSR count). The standard InChI is InChI=1S/C5H11NO2.2C2H6/c1-5(2)3-4-8-6-7;2*1-2/h5H,3-4H2,1-2H3;2*1-2H3. The van der Waals surface area contributed by atoms with Crippen LogP contribution >= 0.6 is 0 Å². The zero-order valence-corrected chi connectivity index (χ0v) is 9.26. The van der Waals surface area contributed by atoms with Crippen LogP contribution in [-0.4, -0.2) is 6.61 Å². The van der Waals surface area contributed by atoms with Crippen molar-refractivity contribution in [3.05, 3.63) is 4.91 Å². The van der Waals surface area contributed by atoms with E-state index in [9.17, 15) is 4.91 Å². The van der Waals surface area contributed by atoms with Gasteiger partial charge in [0.2, 0.25) is 0 Å². The van der Waals surface area contributed by atoms with Crippen molar-refractivity contribution in [2.24, 2.45) is 11.3 Å². The van der Waals surface area contributed by atoms with Crippen molar-refractivity contribution in [1.29, 1.82) is 0 Å². The van der Waals surface area contributed by atoms with E-state index in [-0.39, 0.29) is 0 Å². The fourth-order valence-electron chi connectivity index (χ4n) is 0.326. The van der Waals surface area contributed by atoms with Crippen molar-refractivity contribution >= 4 is 0 Å². The molecule has 3 heteroatoms. The lowest BCUT2D eigenvalue weighted by Gasteiger charge is -1.98. The highest BCUT2D eigenvalue weighted by atomic mass is 16.7. The van der Waals surface area contributed by atoms with E-state index in [4.69, 9.17) is 0 Å². The van der Waals surface area contributed by atoms with Crippen LogP contribution in [0.5, 0.6) is 0 Å². The van der Waals surface area contributed by atoms with E-state index < -0.39 is 0 Å². The molecular formula is C9H23NO2. The van der Waals surface area contributed by atoms with Crippen LogP contribution in [0.2, 0.25) is 0 Å². The lowest BCUT2D eigenvalue weighted by atomic mass is 10.1. The molecule has 0 atom stereocenters. The molecular weight excluding hydrogens is 154 g/mol. The van der Waals surface area contributed by atoms with Gasteiger partial charge in [-0.1, -0.05) is 41.5 Å². The van der Waals surface area contributed by atoms with Crippen molar-refractivity contribution in [1.82, 2.24) is 0 Å². The van der Waals surface area contributed by atoms with E-state index in [1.54, 1.807) is 0 Å². The van der Waals surface area contributed by atoms with Gasteiger partial charge in [-0.2, -0.15) is 0 Å². The SMILES string of the molecule is CC.CC.CC(C)CCON=O. The lowest BCUT2D eigenvalue weighted by Crippen LogP contribution is -1.93. The van der Waals surface area contributed by atoms with E-state index >= 15 is 0 Å². The summed E-state index contributed by atoms with van der Waals surface area (Å²) < 4.78 is 0. The molecule has 0 aromatic heterocycles. The second-order valence-electron chi connectivity index (χ2n) is 2.09. The fourth-order valence-corrected chi connectivity index (χ4v) is 0.326. The van der Waals surface area contributed by atoms with Crippen LogP contribution in [0, 0.1) is 10.8 Å². The van der Waals surface area contributed by atoms with Gasteiger partial charge in [-0.05, 0) is 12.3 Å². The van der Waals surface area contributed by atoms with Gasteiger partial charge in [0.25, 0.3) is 0 Å². The lowest BCUT2D eigenvalue weighted by molar-refractivity contribution is 0.128. The first kappa shape index (κ1) is 17.5. The van der Waals surface area contributed by atoms with E-state index in [1.807, 2.05) is 27.7 Å². The molecule has 76 valence electrons. The van der Waals surface area contributed by atoms with Crippen molar-refractivity contribution in [3.63, 3.8) is 0 Å². The molecule has 0 aliphatic carbocycles. The Bertz CT molecular complexity index is 65.5. The summed E-state index contributed by atoms with van der Waals surface area (Å²) in [6.45, 7) is 12.6. The van der Waals surface area contributed by atoms with Crippen LogP contribution in [0.3, 0.4) is 0 Å². The van der Waals surface area contributed by atoms with Crippen LogP contribution < -0.4 is 0 Å². The second kappa shape index (κ2) is 22.4. The van der Waals surface area contributed by atoms with Gasteiger partial charge >= 0.3 is 0 Å². The van der Waals surface area contributed by atoms with Crippen molar-refractivity contribution in [2.45, 2.75) is 48.0 Å². The normalized spacial score (nSPS) is 7.25. The van der Waals surface area contributed by atoms with Gasteiger partial charge < -0.3 is 4.84 Å². The van der Waals surface area contributed by atoms with Crippen molar-refractivity contribution in [2.75, 3.05) is 6.61 Å². The van der Waals surface area contributed by atoms with Crippen molar-refractivity contribution < 1.29 is 4.84 Å². The average Bonchev–Trinajstić information content (AvgIpc) is 2.12. The average molecular weight is 177 g/mol. The molecule has 0 aliphatic rings. The molecule has 0 amide bonds. The molecule has 0 saturated carbocycles. The Hall–Kier alpha value is -0.600. The Morgan fingerprint density at radius 2 is 1.58 bits per heavy atom. The summed E-state index contributed by atoms with van der Waals surface area (Å²) >= 11 is 0. The van der Waals surface area contributed by atoms with Gasteiger partial charge in [0, 0.05) is 0 Å².